The molecule has 0 aliphatic heterocycles. The summed E-state index contributed by atoms with van der Waals surface area (Å²) >= 11 is 0. The molecule has 4 nitrogen and oxygen atoms in total. The number of ether oxygens (including phenoxy) is 2. The summed E-state index contributed by atoms with van der Waals surface area (Å²) in [4.78, 5) is 12.5. The molecule has 1 N–H and O–H groups in total. The first-order valence-electron chi connectivity index (χ1n) is 9.34. The highest BCUT2D eigenvalue weighted by Crippen LogP contribution is 2.22. The van der Waals surface area contributed by atoms with Crippen LogP contribution in [0.5, 0.6) is 11.5 Å². The average molecular weight is 363 g/mol. The van der Waals surface area contributed by atoms with Crippen LogP contribution < -0.4 is 14.8 Å². The minimum atomic E-state index is -0.520. The van der Waals surface area contributed by atoms with Crippen molar-refractivity contribution < 1.29 is 14.3 Å². The highest BCUT2D eigenvalue weighted by Gasteiger charge is 2.18. The van der Waals surface area contributed by atoms with Crippen LogP contribution in [0.3, 0.4) is 0 Å². The zero-order chi connectivity index (χ0) is 19.1. The molecule has 0 spiro atoms. The van der Waals surface area contributed by atoms with Gasteiger partial charge in [-0.1, -0.05) is 49.4 Å². The Balaban J connectivity index is 1.59. The van der Waals surface area contributed by atoms with Crippen LogP contribution in [0.1, 0.15) is 25.8 Å². The molecule has 0 bridgehead atoms. The third-order valence-corrected chi connectivity index (χ3v) is 4.36. The molecule has 3 aromatic rings. The van der Waals surface area contributed by atoms with E-state index in [1.165, 1.54) is 0 Å². The van der Waals surface area contributed by atoms with Gasteiger partial charge in [0.2, 0.25) is 0 Å². The number of fused-ring (bicyclic) bond motifs is 1. The fourth-order valence-electron chi connectivity index (χ4n) is 2.90. The maximum atomic E-state index is 12.5. The number of benzene rings is 3. The molecular formula is C23H25NO3. The van der Waals surface area contributed by atoms with Crippen LogP contribution in [0.2, 0.25) is 0 Å². The zero-order valence-corrected chi connectivity index (χ0v) is 15.8. The average Bonchev–Trinajstić information content (AvgIpc) is 2.71. The molecule has 0 heterocycles. The van der Waals surface area contributed by atoms with Gasteiger partial charge in [0.05, 0.1) is 6.61 Å². The fraction of sp³-hybridized carbons (Fsp3) is 0.261. The van der Waals surface area contributed by atoms with E-state index in [4.69, 9.17) is 9.47 Å². The van der Waals surface area contributed by atoms with Crippen LogP contribution in [0.4, 0.5) is 0 Å². The first-order chi connectivity index (χ1) is 13.2. The van der Waals surface area contributed by atoms with Gasteiger partial charge in [0.1, 0.15) is 11.5 Å². The third kappa shape index (κ3) is 5.00. The van der Waals surface area contributed by atoms with Gasteiger partial charge in [-0.2, -0.15) is 0 Å². The summed E-state index contributed by atoms with van der Waals surface area (Å²) < 4.78 is 11.4. The van der Waals surface area contributed by atoms with Crippen LogP contribution in [0.25, 0.3) is 10.8 Å². The predicted octanol–water partition coefficient (Wildman–Crippen LogP) is 4.71. The number of carbonyl (C=O) groups excluding carboxylic acids is 1. The minimum absolute atomic E-state index is 0.112. The van der Waals surface area contributed by atoms with Crippen molar-refractivity contribution in [3.8, 4) is 11.5 Å². The summed E-state index contributed by atoms with van der Waals surface area (Å²) in [5.74, 6) is 1.43. The van der Waals surface area contributed by atoms with Gasteiger partial charge < -0.3 is 14.8 Å². The van der Waals surface area contributed by atoms with E-state index in [0.717, 1.165) is 22.1 Å². The number of amides is 1. The Morgan fingerprint density at radius 3 is 2.33 bits per heavy atom. The highest BCUT2D eigenvalue weighted by atomic mass is 16.5. The third-order valence-electron chi connectivity index (χ3n) is 4.36. The molecule has 0 aliphatic carbocycles. The van der Waals surface area contributed by atoms with Crippen molar-refractivity contribution in [2.75, 3.05) is 6.61 Å². The molecule has 3 aromatic carbocycles. The second-order valence-electron chi connectivity index (χ2n) is 6.32. The molecule has 0 saturated carbocycles. The van der Waals surface area contributed by atoms with E-state index in [1.54, 1.807) is 0 Å². The number of hydrogen-bond acceptors (Lipinski definition) is 3. The lowest BCUT2D eigenvalue weighted by atomic mass is 10.1. The van der Waals surface area contributed by atoms with Crippen LogP contribution in [0.15, 0.2) is 66.7 Å². The Bertz CT molecular complexity index is 890. The molecule has 1 atom stereocenters. The Morgan fingerprint density at radius 2 is 1.63 bits per heavy atom. The lowest BCUT2D eigenvalue weighted by Crippen LogP contribution is -2.37. The van der Waals surface area contributed by atoms with E-state index in [2.05, 4.69) is 11.4 Å². The van der Waals surface area contributed by atoms with Gasteiger partial charge >= 0.3 is 0 Å². The molecule has 4 heteroatoms. The fourth-order valence-corrected chi connectivity index (χ4v) is 2.90. The Morgan fingerprint density at radius 1 is 0.926 bits per heavy atom. The molecule has 27 heavy (non-hydrogen) atoms. The summed E-state index contributed by atoms with van der Waals surface area (Å²) in [5, 5.41) is 5.20. The number of carbonyl (C=O) groups is 1. The molecule has 0 aromatic heterocycles. The largest absolute Gasteiger partial charge is 0.494 e. The van der Waals surface area contributed by atoms with E-state index < -0.39 is 6.10 Å². The van der Waals surface area contributed by atoms with Gasteiger partial charge in [-0.15, -0.1) is 0 Å². The van der Waals surface area contributed by atoms with Gasteiger partial charge in [0.15, 0.2) is 6.10 Å². The summed E-state index contributed by atoms with van der Waals surface area (Å²) in [5.41, 5.74) is 1.02. The molecule has 1 unspecified atom stereocenters. The van der Waals surface area contributed by atoms with Crippen LogP contribution in [-0.2, 0) is 11.3 Å². The molecule has 0 saturated heterocycles. The van der Waals surface area contributed by atoms with Crippen molar-refractivity contribution in [3.63, 3.8) is 0 Å². The molecule has 1 amide bonds. The van der Waals surface area contributed by atoms with Gasteiger partial charge in [-0.25, -0.2) is 0 Å². The quantitative estimate of drug-likeness (QED) is 0.630. The first kappa shape index (κ1) is 18.8. The summed E-state index contributed by atoms with van der Waals surface area (Å²) in [7, 11) is 0. The molecular weight excluding hydrogens is 338 g/mol. The Labute approximate surface area is 160 Å². The molecule has 140 valence electrons. The van der Waals surface area contributed by atoms with Crippen LogP contribution >= 0.6 is 0 Å². The predicted molar refractivity (Wildman–Crippen MR) is 108 cm³/mol. The minimum Gasteiger partial charge on any atom is -0.494 e. The smallest absolute Gasteiger partial charge is 0.261 e. The number of nitrogens with one attached hydrogen (secondary N) is 1. The number of rotatable bonds is 8. The van der Waals surface area contributed by atoms with E-state index in [9.17, 15) is 4.79 Å². The second kappa shape index (κ2) is 9.08. The van der Waals surface area contributed by atoms with E-state index in [-0.39, 0.29) is 5.91 Å². The Hall–Kier alpha value is -3.01. The lowest BCUT2D eigenvalue weighted by Gasteiger charge is -2.18. The van der Waals surface area contributed by atoms with Crippen molar-refractivity contribution in [2.24, 2.45) is 0 Å². The molecule has 0 radical (unpaired) electrons. The van der Waals surface area contributed by atoms with Crippen molar-refractivity contribution in [1.29, 1.82) is 0 Å². The van der Waals surface area contributed by atoms with E-state index in [1.807, 2.05) is 74.5 Å². The van der Waals surface area contributed by atoms with E-state index in [0.29, 0.717) is 25.3 Å². The van der Waals surface area contributed by atoms with Crippen molar-refractivity contribution in [1.82, 2.24) is 5.32 Å². The zero-order valence-electron chi connectivity index (χ0n) is 15.8. The van der Waals surface area contributed by atoms with Crippen molar-refractivity contribution in [3.05, 3.63) is 72.3 Å². The van der Waals surface area contributed by atoms with Gasteiger partial charge in [0.25, 0.3) is 5.91 Å². The SMILES string of the molecule is CCOc1ccc(CNC(=O)C(CC)Oc2ccc3ccccc3c2)cc1. The normalized spacial score (nSPS) is 11.8. The lowest BCUT2D eigenvalue weighted by molar-refractivity contribution is -0.128. The maximum Gasteiger partial charge on any atom is 0.261 e. The highest BCUT2D eigenvalue weighted by molar-refractivity contribution is 5.84. The van der Waals surface area contributed by atoms with Crippen molar-refractivity contribution in [2.45, 2.75) is 32.9 Å². The molecule has 0 aliphatic rings. The summed E-state index contributed by atoms with van der Waals surface area (Å²) in [6, 6.07) is 21.7. The number of hydrogen-bond donors (Lipinski definition) is 1. The summed E-state index contributed by atoms with van der Waals surface area (Å²) in [6.45, 7) is 5.00. The van der Waals surface area contributed by atoms with Crippen LogP contribution in [-0.4, -0.2) is 18.6 Å². The standard InChI is InChI=1S/C23H25NO3/c1-3-22(27-21-14-11-18-7-5-6-8-19(18)15-21)23(25)24-16-17-9-12-20(13-10-17)26-4-2/h5-15,22H,3-4,16H2,1-2H3,(H,24,25). The molecule has 3 rings (SSSR count). The van der Waals surface area contributed by atoms with E-state index >= 15 is 0 Å². The van der Waals surface area contributed by atoms with Gasteiger partial charge in [-0.3, -0.25) is 4.79 Å². The summed E-state index contributed by atoms with van der Waals surface area (Å²) in [6.07, 6.45) is 0.0796. The Kier molecular flexibility index (Phi) is 6.31. The monoisotopic (exact) mass is 363 g/mol. The van der Waals surface area contributed by atoms with Gasteiger partial charge in [0, 0.05) is 6.54 Å². The first-order valence-corrected chi connectivity index (χ1v) is 9.34. The van der Waals surface area contributed by atoms with Crippen molar-refractivity contribution >= 4 is 16.7 Å². The topological polar surface area (TPSA) is 47.6 Å². The molecule has 0 fully saturated rings. The second-order valence-corrected chi connectivity index (χ2v) is 6.32. The van der Waals surface area contributed by atoms with Crippen LogP contribution in [0, 0.1) is 0 Å². The van der Waals surface area contributed by atoms with Gasteiger partial charge in [-0.05, 0) is 53.9 Å². The maximum absolute atomic E-state index is 12.5.